The molecular formula is C14H16N4S. The van der Waals surface area contributed by atoms with Crippen LogP contribution in [0.3, 0.4) is 0 Å². The quantitative estimate of drug-likeness (QED) is 0.817. The van der Waals surface area contributed by atoms with Gasteiger partial charge in [-0.1, -0.05) is 13.0 Å². The first-order valence-electron chi connectivity index (χ1n) is 6.13. The summed E-state index contributed by atoms with van der Waals surface area (Å²) in [5.41, 5.74) is 1.55. The summed E-state index contributed by atoms with van der Waals surface area (Å²) in [6, 6.07) is 8.22. The lowest BCUT2D eigenvalue weighted by molar-refractivity contribution is 0.703. The van der Waals surface area contributed by atoms with Gasteiger partial charge in [-0.3, -0.25) is 0 Å². The smallest absolute Gasteiger partial charge is 0.128 e. The molecule has 0 aliphatic carbocycles. The molecule has 4 nitrogen and oxygen atoms in total. The van der Waals surface area contributed by atoms with Crippen LogP contribution in [-0.2, 0) is 0 Å². The highest BCUT2D eigenvalue weighted by atomic mass is 32.2. The van der Waals surface area contributed by atoms with E-state index in [0.717, 1.165) is 22.8 Å². The SMILES string of the molecule is CCC(Nc1cccc(SC)c1C#N)c1ncc[nH]1. The van der Waals surface area contributed by atoms with Gasteiger partial charge in [0.2, 0.25) is 0 Å². The molecule has 0 fully saturated rings. The van der Waals surface area contributed by atoms with E-state index in [1.165, 1.54) is 0 Å². The maximum absolute atomic E-state index is 9.32. The number of aromatic nitrogens is 2. The van der Waals surface area contributed by atoms with Crippen molar-refractivity contribution in [3.63, 3.8) is 0 Å². The Morgan fingerprint density at radius 1 is 1.53 bits per heavy atom. The van der Waals surface area contributed by atoms with Crippen molar-refractivity contribution in [3.05, 3.63) is 42.0 Å². The molecule has 5 heteroatoms. The van der Waals surface area contributed by atoms with Gasteiger partial charge in [0.1, 0.15) is 11.9 Å². The summed E-state index contributed by atoms with van der Waals surface area (Å²) < 4.78 is 0. The minimum atomic E-state index is 0.0826. The van der Waals surface area contributed by atoms with Gasteiger partial charge in [0, 0.05) is 17.3 Å². The number of hydrogen-bond donors (Lipinski definition) is 2. The van der Waals surface area contributed by atoms with Gasteiger partial charge in [0.25, 0.3) is 0 Å². The highest BCUT2D eigenvalue weighted by Gasteiger charge is 2.14. The van der Waals surface area contributed by atoms with Gasteiger partial charge in [-0.25, -0.2) is 4.98 Å². The molecule has 19 heavy (non-hydrogen) atoms. The number of nitrogens with zero attached hydrogens (tertiary/aromatic N) is 2. The summed E-state index contributed by atoms with van der Waals surface area (Å²) in [6.45, 7) is 2.09. The van der Waals surface area contributed by atoms with Crippen molar-refractivity contribution >= 4 is 17.4 Å². The van der Waals surface area contributed by atoms with Gasteiger partial charge in [-0.2, -0.15) is 5.26 Å². The average molecular weight is 272 g/mol. The molecule has 2 aromatic rings. The van der Waals surface area contributed by atoms with Crippen LogP contribution in [0.25, 0.3) is 0 Å². The minimum Gasteiger partial charge on any atom is -0.374 e. The van der Waals surface area contributed by atoms with E-state index in [9.17, 15) is 5.26 Å². The summed E-state index contributed by atoms with van der Waals surface area (Å²) in [5.74, 6) is 0.890. The molecule has 0 aliphatic rings. The largest absolute Gasteiger partial charge is 0.374 e. The Bertz CT molecular complexity index is 572. The van der Waals surface area contributed by atoms with Crippen LogP contribution in [0.15, 0.2) is 35.5 Å². The van der Waals surface area contributed by atoms with E-state index in [4.69, 9.17) is 0 Å². The van der Waals surface area contributed by atoms with Gasteiger partial charge < -0.3 is 10.3 Å². The first kappa shape index (κ1) is 13.5. The summed E-state index contributed by atoms with van der Waals surface area (Å²) in [6.07, 6.45) is 6.41. The standard InChI is InChI=1S/C14H16N4S/c1-3-11(14-16-7-8-17-14)18-12-5-4-6-13(19-2)10(12)9-15/h4-8,11,18H,3H2,1-2H3,(H,16,17). The Morgan fingerprint density at radius 3 is 2.95 bits per heavy atom. The number of nitriles is 1. The van der Waals surface area contributed by atoms with E-state index < -0.39 is 0 Å². The van der Waals surface area contributed by atoms with Crippen molar-refractivity contribution < 1.29 is 0 Å². The van der Waals surface area contributed by atoms with Crippen LogP contribution in [0.1, 0.15) is 30.8 Å². The molecule has 1 aromatic heterocycles. The van der Waals surface area contributed by atoms with Crippen molar-refractivity contribution in [2.75, 3.05) is 11.6 Å². The molecule has 2 rings (SSSR count). The summed E-state index contributed by atoms with van der Waals surface area (Å²) in [5, 5.41) is 12.7. The van der Waals surface area contributed by atoms with Crippen LogP contribution in [0, 0.1) is 11.3 Å². The molecule has 2 N–H and O–H groups in total. The highest BCUT2D eigenvalue weighted by Crippen LogP contribution is 2.29. The van der Waals surface area contributed by atoms with Crippen molar-refractivity contribution in [2.24, 2.45) is 0 Å². The zero-order valence-corrected chi connectivity index (χ0v) is 11.8. The van der Waals surface area contributed by atoms with E-state index in [0.29, 0.717) is 5.56 Å². The Kier molecular flexibility index (Phi) is 4.48. The number of anilines is 1. The summed E-state index contributed by atoms with van der Waals surface area (Å²) >= 11 is 1.58. The number of rotatable bonds is 5. The zero-order valence-electron chi connectivity index (χ0n) is 11.0. The fourth-order valence-corrected chi connectivity index (χ4v) is 2.53. The third-order valence-corrected chi connectivity index (χ3v) is 3.73. The third kappa shape index (κ3) is 2.91. The van der Waals surface area contributed by atoms with E-state index in [-0.39, 0.29) is 6.04 Å². The Balaban J connectivity index is 2.30. The molecule has 1 atom stereocenters. The first-order chi connectivity index (χ1) is 9.30. The normalized spacial score (nSPS) is 11.8. The molecule has 0 saturated carbocycles. The van der Waals surface area contributed by atoms with Crippen molar-refractivity contribution in [1.29, 1.82) is 5.26 Å². The predicted octanol–water partition coefficient (Wildman–Crippen LogP) is 3.57. The molecule has 1 aromatic carbocycles. The Labute approximate surface area is 117 Å². The number of hydrogen-bond acceptors (Lipinski definition) is 4. The fourth-order valence-electron chi connectivity index (χ4n) is 1.96. The number of H-pyrrole nitrogens is 1. The topological polar surface area (TPSA) is 64.5 Å². The Hall–Kier alpha value is -1.93. The molecule has 0 saturated heterocycles. The zero-order chi connectivity index (χ0) is 13.7. The van der Waals surface area contributed by atoms with Crippen LogP contribution >= 0.6 is 11.8 Å². The van der Waals surface area contributed by atoms with Gasteiger partial charge in [-0.05, 0) is 24.8 Å². The summed E-state index contributed by atoms with van der Waals surface area (Å²) in [4.78, 5) is 8.38. The van der Waals surface area contributed by atoms with E-state index in [2.05, 4.69) is 28.3 Å². The van der Waals surface area contributed by atoms with Crippen LogP contribution in [0.2, 0.25) is 0 Å². The van der Waals surface area contributed by atoms with Crippen LogP contribution in [0.4, 0.5) is 5.69 Å². The van der Waals surface area contributed by atoms with Crippen molar-refractivity contribution in [1.82, 2.24) is 9.97 Å². The minimum absolute atomic E-state index is 0.0826. The molecule has 1 unspecified atom stereocenters. The molecule has 0 amide bonds. The van der Waals surface area contributed by atoms with Crippen LogP contribution < -0.4 is 5.32 Å². The summed E-state index contributed by atoms with van der Waals surface area (Å²) in [7, 11) is 0. The lowest BCUT2D eigenvalue weighted by Crippen LogP contribution is -2.12. The predicted molar refractivity (Wildman–Crippen MR) is 78.2 cm³/mol. The molecular weight excluding hydrogens is 256 g/mol. The van der Waals surface area contributed by atoms with Crippen molar-refractivity contribution in [3.8, 4) is 6.07 Å². The number of benzene rings is 1. The van der Waals surface area contributed by atoms with E-state index in [1.807, 2.05) is 30.7 Å². The highest BCUT2D eigenvalue weighted by molar-refractivity contribution is 7.98. The van der Waals surface area contributed by atoms with Gasteiger partial charge in [0.15, 0.2) is 0 Å². The number of nitrogens with one attached hydrogen (secondary N) is 2. The monoisotopic (exact) mass is 272 g/mol. The second kappa shape index (κ2) is 6.30. The lowest BCUT2D eigenvalue weighted by atomic mass is 10.1. The van der Waals surface area contributed by atoms with Gasteiger partial charge in [0.05, 0.1) is 17.3 Å². The molecule has 0 aliphatic heterocycles. The Morgan fingerprint density at radius 2 is 2.37 bits per heavy atom. The molecule has 1 heterocycles. The third-order valence-electron chi connectivity index (χ3n) is 2.95. The first-order valence-corrected chi connectivity index (χ1v) is 7.35. The molecule has 0 radical (unpaired) electrons. The van der Waals surface area contributed by atoms with E-state index in [1.54, 1.807) is 18.0 Å². The van der Waals surface area contributed by atoms with Crippen molar-refractivity contribution in [2.45, 2.75) is 24.3 Å². The molecule has 0 bridgehead atoms. The molecule has 0 spiro atoms. The number of imidazole rings is 1. The maximum atomic E-state index is 9.32. The van der Waals surface area contributed by atoms with Gasteiger partial charge in [-0.15, -0.1) is 11.8 Å². The second-order valence-electron chi connectivity index (χ2n) is 4.07. The average Bonchev–Trinajstić information content (AvgIpc) is 2.98. The maximum Gasteiger partial charge on any atom is 0.128 e. The number of aromatic amines is 1. The number of thioether (sulfide) groups is 1. The van der Waals surface area contributed by atoms with Crippen LogP contribution in [-0.4, -0.2) is 16.2 Å². The second-order valence-corrected chi connectivity index (χ2v) is 4.92. The molecule has 98 valence electrons. The van der Waals surface area contributed by atoms with Gasteiger partial charge >= 0.3 is 0 Å². The lowest BCUT2D eigenvalue weighted by Gasteiger charge is -2.18. The van der Waals surface area contributed by atoms with Crippen LogP contribution in [0.5, 0.6) is 0 Å². The fraction of sp³-hybridized carbons (Fsp3) is 0.286. The van der Waals surface area contributed by atoms with E-state index >= 15 is 0 Å².